The first-order valence-corrected chi connectivity index (χ1v) is 10.9. The van der Waals surface area contributed by atoms with Crippen LogP contribution in [0.25, 0.3) is 5.76 Å². The van der Waals surface area contributed by atoms with E-state index in [9.17, 15) is 19.1 Å². The number of halogens is 2. The minimum atomic E-state index is -0.983. The van der Waals surface area contributed by atoms with Crippen molar-refractivity contribution in [2.45, 2.75) is 13.0 Å². The third-order valence-electron chi connectivity index (χ3n) is 5.48. The normalized spacial score (nSPS) is 17.2. The maximum Gasteiger partial charge on any atom is 0.300 e. The zero-order valence-electron chi connectivity index (χ0n) is 18.4. The number of methoxy groups -OCH3 is 1. The lowest BCUT2D eigenvalue weighted by Crippen LogP contribution is -2.29. The summed E-state index contributed by atoms with van der Waals surface area (Å²) in [7, 11) is 1.52. The summed E-state index contributed by atoms with van der Waals surface area (Å²) < 4.78 is 24.5. The molecule has 6 nitrogen and oxygen atoms in total. The molecule has 34 heavy (non-hydrogen) atoms. The first-order valence-electron chi connectivity index (χ1n) is 10.5. The van der Waals surface area contributed by atoms with Crippen LogP contribution in [-0.2, 0) is 9.59 Å². The maximum atomic E-state index is 13.8. The van der Waals surface area contributed by atoms with E-state index in [0.717, 1.165) is 6.07 Å². The van der Waals surface area contributed by atoms with Gasteiger partial charge in [-0.05, 0) is 55.0 Å². The highest BCUT2D eigenvalue weighted by Gasteiger charge is 2.47. The number of carbonyl (C=O) groups excluding carboxylic acids is 2. The number of hydrogen-bond acceptors (Lipinski definition) is 5. The lowest BCUT2D eigenvalue weighted by Gasteiger charge is -2.25. The second kappa shape index (κ2) is 9.57. The summed E-state index contributed by atoms with van der Waals surface area (Å²) in [5.74, 6) is -1.67. The second-order valence-electron chi connectivity index (χ2n) is 7.50. The average Bonchev–Trinajstić information content (AvgIpc) is 3.11. The highest BCUT2D eigenvalue weighted by atomic mass is 35.5. The number of anilines is 1. The molecule has 174 valence electrons. The average molecular weight is 482 g/mol. The molecule has 1 aliphatic heterocycles. The van der Waals surface area contributed by atoms with E-state index in [-0.39, 0.29) is 22.0 Å². The lowest BCUT2D eigenvalue weighted by molar-refractivity contribution is -0.132. The van der Waals surface area contributed by atoms with Crippen LogP contribution in [0.15, 0.2) is 72.3 Å². The summed E-state index contributed by atoms with van der Waals surface area (Å²) in [6, 6.07) is 16.1. The predicted molar refractivity (Wildman–Crippen MR) is 127 cm³/mol. The highest BCUT2D eigenvalue weighted by molar-refractivity contribution is 6.51. The van der Waals surface area contributed by atoms with Gasteiger partial charge < -0.3 is 14.6 Å². The van der Waals surface area contributed by atoms with E-state index in [4.69, 9.17) is 21.1 Å². The number of benzene rings is 3. The maximum absolute atomic E-state index is 13.8. The van der Waals surface area contributed by atoms with Gasteiger partial charge in [-0.15, -0.1) is 0 Å². The summed E-state index contributed by atoms with van der Waals surface area (Å²) in [6.07, 6.45) is 0. The lowest BCUT2D eigenvalue weighted by atomic mass is 9.95. The van der Waals surface area contributed by atoms with E-state index in [0.29, 0.717) is 29.2 Å². The van der Waals surface area contributed by atoms with Gasteiger partial charge >= 0.3 is 0 Å². The minimum absolute atomic E-state index is 0.107. The van der Waals surface area contributed by atoms with Crippen LogP contribution >= 0.6 is 11.6 Å². The number of hydrogen-bond donors (Lipinski definition) is 1. The Morgan fingerprint density at radius 3 is 2.44 bits per heavy atom. The van der Waals surface area contributed by atoms with Crippen molar-refractivity contribution in [3.05, 3.63) is 94.3 Å². The van der Waals surface area contributed by atoms with Crippen LogP contribution in [0, 0.1) is 5.82 Å². The molecule has 1 saturated heterocycles. The molecule has 0 aromatic heterocycles. The van der Waals surface area contributed by atoms with Gasteiger partial charge in [0, 0.05) is 11.3 Å². The van der Waals surface area contributed by atoms with Crippen LogP contribution in [0.5, 0.6) is 11.5 Å². The van der Waals surface area contributed by atoms with E-state index >= 15 is 0 Å². The van der Waals surface area contributed by atoms with Gasteiger partial charge in [-0.25, -0.2) is 4.39 Å². The monoisotopic (exact) mass is 481 g/mol. The van der Waals surface area contributed by atoms with Crippen molar-refractivity contribution in [3.63, 3.8) is 0 Å². The van der Waals surface area contributed by atoms with Crippen molar-refractivity contribution in [2.24, 2.45) is 0 Å². The van der Waals surface area contributed by atoms with Gasteiger partial charge in [-0.2, -0.15) is 0 Å². The van der Waals surface area contributed by atoms with Crippen LogP contribution in [0.2, 0.25) is 5.02 Å². The first-order chi connectivity index (χ1) is 16.3. The molecule has 3 aromatic rings. The molecule has 1 amide bonds. The molecular weight excluding hydrogens is 461 g/mol. The van der Waals surface area contributed by atoms with Crippen LogP contribution in [-0.4, -0.2) is 30.5 Å². The molecule has 1 heterocycles. The summed E-state index contributed by atoms with van der Waals surface area (Å²) in [5, 5.41) is 11.0. The van der Waals surface area contributed by atoms with E-state index in [1.54, 1.807) is 48.5 Å². The predicted octanol–water partition coefficient (Wildman–Crippen LogP) is 5.51. The number of ketones is 1. The third-order valence-corrected chi connectivity index (χ3v) is 5.77. The molecule has 1 atom stereocenters. The van der Waals surface area contributed by atoms with Crippen molar-refractivity contribution in [1.82, 2.24) is 0 Å². The Bertz CT molecular complexity index is 1290. The molecule has 3 aromatic carbocycles. The van der Waals surface area contributed by atoms with Crippen molar-refractivity contribution in [2.75, 3.05) is 18.6 Å². The molecule has 0 spiro atoms. The molecule has 0 saturated carbocycles. The fraction of sp³-hybridized carbons (Fsp3) is 0.154. The van der Waals surface area contributed by atoms with Crippen molar-refractivity contribution in [3.8, 4) is 11.5 Å². The zero-order valence-corrected chi connectivity index (χ0v) is 19.2. The second-order valence-corrected chi connectivity index (χ2v) is 7.91. The molecule has 8 heteroatoms. The number of ether oxygens (including phenoxy) is 2. The molecular formula is C26H21ClFNO5. The molecule has 0 radical (unpaired) electrons. The van der Waals surface area contributed by atoms with Crippen LogP contribution < -0.4 is 14.4 Å². The van der Waals surface area contributed by atoms with Gasteiger partial charge in [0.1, 0.15) is 23.1 Å². The summed E-state index contributed by atoms with van der Waals surface area (Å²) in [6.45, 7) is 2.25. The Kier molecular flexibility index (Phi) is 6.56. The molecule has 0 aliphatic carbocycles. The Morgan fingerprint density at radius 2 is 1.79 bits per heavy atom. The van der Waals surface area contributed by atoms with E-state index in [1.807, 2.05) is 6.92 Å². The molecule has 1 N–H and O–H groups in total. The molecule has 1 fully saturated rings. The van der Waals surface area contributed by atoms with Gasteiger partial charge in [0.05, 0.1) is 30.4 Å². The van der Waals surface area contributed by atoms with Crippen LogP contribution in [0.4, 0.5) is 10.1 Å². The minimum Gasteiger partial charge on any atom is -0.507 e. The highest BCUT2D eigenvalue weighted by Crippen LogP contribution is 2.43. The van der Waals surface area contributed by atoms with E-state index in [1.165, 1.54) is 24.1 Å². The van der Waals surface area contributed by atoms with Crippen LogP contribution in [0.3, 0.4) is 0 Å². The number of nitrogens with zero attached hydrogens (tertiary/aromatic N) is 1. The number of amides is 1. The Balaban J connectivity index is 1.92. The number of rotatable bonds is 6. The van der Waals surface area contributed by atoms with Crippen molar-refractivity contribution < 1.29 is 28.6 Å². The largest absolute Gasteiger partial charge is 0.507 e. The molecule has 0 bridgehead atoms. The van der Waals surface area contributed by atoms with E-state index < -0.39 is 23.5 Å². The number of Topliss-reactive ketones (excluding diaryl/α,β-unsaturated/α-hetero) is 1. The Hall–Kier alpha value is -3.84. The van der Waals surface area contributed by atoms with Gasteiger partial charge in [0.15, 0.2) is 0 Å². The molecule has 1 unspecified atom stereocenters. The smallest absolute Gasteiger partial charge is 0.300 e. The van der Waals surface area contributed by atoms with Gasteiger partial charge in [0.25, 0.3) is 11.7 Å². The topological polar surface area (TPSA) is 76.1 Å². The van der Waals surface area contributed by atoms with Gasteiger partial charge in [-0.3, -0.25) is 14.5 Å². The SMILES string of the molecule is CCOc1cccc(/C(O)=C2\C(=O)C(=O)N(c3ccc(F)c(Cl)c3)C2c2ccc(OC)cc2)c1. The molecule has 4 rings (SSSR count). The Morgan fingerprint density at radius 1 is 1.06 bits per heavy atom. The Labute approximate surface area is 200 Å². The fourth-order valence-corrected chi connectivity index (χ4v) is 4.07. The fourth-order valence-electron chi connectivity index (χ4n) is 3.89. The summed E-state index contributed by atoms with van der Waals surface area (Å²) in [4.78, 5) is 27.6. The van der Waals surface area contributed by atoms with Crippen molar-refractivity contribution >= 4 is 34.7 Å². The summed E-state index contributed by atoms with van der Waals surface area (Å²) in [5.41, 5.74) is 0.975. The third kappa shape index (κ3) is 4.22. The molecule has 1 aliphatic rings. The quantitative estimate of drug-likeness (QED) is 0.285. The summed E-state index contributed by atoms with van der Waals surface area (Å²) >= 11 is 5.96. The number of aliphatic hydroxyl groups is 1. The zero-order chi connectivity index (χ0) is 24.4. The first kappa shape index (κ1) is 23.3. The number of aliphatic hydroxyl groups excluding tert-OH is 1. The van der Waals surface area contributed by atoms with Crippen molar-refractivity contribution in [1.29, 1.82) is 0 Å². The van der Waals surface area contributed by atoms with Gasteiger partial charge in [0.2, 0.25) is 0 Å². The van der Waals surface area contributed by atoms with Crippen LogP contribution in [0.1, 0.15) is 24.1 Å². The standard InChI is InChI=1S/C26H21ClFNO5/c1-3-34-19-6-4-5-16(13-19)24(30)22-23(15-7-10-18(33-2)11-8-15)29(26(32)25(22)31)17-9-12-21(28)20(27)14-17/h4-14,23,30H,3H2,1-2H3/b24-22+. The number of carbonyl (C=O) groups is 2. The van der Waals surface area contributed by atoms with Gasteiger partial charge in [-0.1, -0.05) is 35.9 Å². The van der Waals surface area contributed by atoms with E-state index in [2.05, 4.69) is 0 Å².